The number of nitrogens with one attached hydrogen (secondary N) is 1. The summed E-state index contributed by atoms with van der Waals surface area (Å²) < 4.78 is 11.6. The van der Waals surface area contributed by atoms with Crippen LogP contribution in [-0.2, 0) is 13.2 Å². The Balaban J connectivity index is 0.00000338. The van der Waals surface area contributed by atoms with Crippen LogP contribution in [0.3, 0.4) is 0 Å². The first-order valence-electron chi connectivity index (χ1n) is 9.29. The molecule has 3 nitrogen and oxygen atoms in total. The van der Waals surface area contributed by atoms with Crippen LogP contribution < -0.4 is 14.8 Å². The Morgan fingerprint density at radius 2 is 1.73 bits per heavy atom. The number of hydrogen-bond donors (Lipinski definition) is 1. The zero-order chi connectivity index (χ0) is 17.9. The first-order valence-corrected chi connectivity index (χ1v) is 9.29. The Labute approximate surface area is 164 Å². The van der Waals surface area contributed by atoms with Crippen LogP contribution in [0.15, 0.2) is 42.5 Å². The minimum Gasteiger partial charge on any atom is -0.493 e. The van der Waals surface area contributed by atoms with Crippen molar-refractivity contribution in [2.75, 3.05) is 13.7 Å². The van der Waals surface area contributed by atoms with Gasteiger partial charge in [0.05, 0.1) is 7.11 Å². The van der Waals surface area contributed by atoms with E-state index in [2.05, 4.69) is 49.5 Å². The van der Waals surface area contributed by atoms with Gasteiger partial charge in [-0.3, -0.25) is 0 Å². The summed E-state index contributed by atoms with van der Waals surface area (Å²) in [5, 5.41) is 3.52. The first-order chi connectivity index (χ1) is 12.2. The lowest BCUT2D eigenvalue weighted by atomic mass is 10.1. The molecule has 0 amide bonds. The van der Waals surface area contributed by atoms with Gasteiger partial charge in [-0.1, -0.05) is 68.1 Å². The Morgan fingerprint density at radius 3 is 2.42 bits per heavy atom. The predicted octanol–water partition coefficient (Wildman–Crippen LogP) is 5.67. The SMILES string of the molecule is CCCCCCNCc1cccc(OC)c1OCc1ccc(C)cc1.Cl. The monoisotopic (exact) mass is 377 g/mol. The largest absolute Gasteiger partial charge is 0.493 e. The van der Waals surface area contributed by atoms with Crippen LogP contribution in [0.25, 0.3) is 0 Å². The van der Waals surface area contributed by atoms with Gasteiger partial charge < -0.3 is 14.8 Å². The third-order valence-corrected chi connectivity index (χ3v) is 4.31. The zero-order valence-corrected chi connectivity index (χ0v) is 17.0. The normalized spacial score (nSPS) is 10.3. The average Bonchev–Trinajstić information content (AvgIpc) is 2.64. The fraction of sp³-hybridized carbons (Fsp3) is 0.455. The van der Waals surface area contributed by atoms with E-state index in [-0.39, 0.29) is 12.4 Å². The summed E-state index contributed by atoms with van der Waals surface area (Å²) in [6, 6.07) is 14.5. The zero-order valence-electron chi connectivity index (χ0n) is 16.2. The molecule has 0 aliphatic rings. The van der Waals surface area contributed by atoms with E-state index in [9.17, 15) is 0 Å². The smallest absolute Gasteiger partial charge is 0.166 e. The lowest BCUT2D eigenvalue weighted by Crippen LogP contribution is -2.15. The summed E-state index contributed by atoms with van der Waals surface area (Å²) in [4.78, 5) is 0. The molecule has 0 aromatic heterocycles. The fourth-order valence-corrected chi connectivity index (χ4v) is 2.76. The van der Waals surface area contributed by atoms with Gasteiger partial charge in [0.15, 0.2) is 11.5 Å². The predicted molar refractivity (Wildman–Crippen MR) is 112 cm³/mol. The molecule has 0 radical (unpaired) electrons. The van der Waals surface area contributed by atoms with Crippen LogP contribution in [0.1, 0.15) is 49.3 Å². The highest BCUT2D eigenvalue weighted by atomic mass is 35.5. The number of rotatable bonds is 11. The third kappa shape index (κ3) is 7.27. The Morgan fingerprint density at radius 1 is 0.962 bits per heavy atom. The first kappa shape index (κ1) is 22.3. The molecule has 2 rings (SSSR count). The van der Waals surface area contributed by atoms with Gasteiger partial charge in [0.25, 0.3) is 0 Å². The number of ether oxygens (including phenoxy) is 2. The van der Waals surface area contributed by atoms with Crippen molar-refractivity contribution in [1.82, 2.24) is 5.32 Å². The van der Waals surface area contributed by atoms with Crippen molar-refractivity contribution in [1.29, 1.82) is 0 Å². The fourth-order valence-electron chi connectivity index (χ4n) is 2.76. The van der Waals surface area contributed by atoms with Gasteiger partial charge in [-0.25, -0.2) is 0 Å². The van der Waals surface area contributed by atoms with Crippen molar-refractivity contribution in [2.24, 2.45) is 0 Å². The maximum Gasteiger partial charge on any atom is 0.166 e. The van der Waals surface area contributed by atoms with Crippen molar-refractivity contribution >= 4 is 12.4 Å². The van der Waals surface area contributed by atoms with Crippen molar-refractivity contribution in [3.8, 4) is 11.5 Å². The molecule has 4 heteroatoms. The molecule has 2 aromatic carbocycles. The summed E-state index contributed by atoms with van der Waals surface area (Å²) in [5.74, 6) is 1.63. The standard InChI is InChI=1S/C22H31NO2.ClH/c1-4-5-6-7-15-23-16-20-9-8-10-21(24-3)22(20)25-17-19-13-11-18(2)12-14-19;/h8-14,23H,4-7,15-17H2,1-3H3;1H. The number of methoxy groups -OCH3 is 1. The van der Waals surface area contributed by atoms with Crippen LogP contribution in [0.4, 0.5) is 0 Å². The average molecular weight is 378 g/mol. The molecule has 0 saturated carbocycles. The minimum atomic E-state index is 0. The lowest BCUT2D eigenvalue weighted by Gasteiger charge is -2.16. The van der Waals surface area contributed by atoms with E-state index in [0.29, 0.717) is 6.61 Å². The molecule has 0 fully saturated rings. The van der Waals surface area contributed by atoms with Gasteiger partial charge in [0.1, 0.15) is 6.61 Å². The van der Waals surface area contributed by atoms with Gasteiger partial charge in [-0.2, -0.15) is 0 Å². The summed E-state index contributed by atoms with van der Waals surface area (Å²) in [6.45, 7) is 6.71. The van der Waals surface area contributed by atoms with Crippen LogP contribution in [-0.4, -0.2) is 13.7 Å². The molecule has 0 saturated heterocycles. The topological polar surface area (TPSA) is 30.5 Å². The Bertz CT molecular complexity index is 629. The number of unbranched alkanes of at least 4 members (excludes halogenated alkanes) is 3. The number of halogens is 1. The third-order valence-electron chi connectivity index (χ3n) is 4.31. The van der Waals surface area contributed by atoms with E-state index in [0.717, 1.165) is 35.7 Å². The van der Waals surface area contributed by atoms with Crippen LogP contribution in [0, 0.1) is 6.92 Å². The molecule has 26 heavy (non-hydrogen) atoms. The highest BCUT2D eigenvalue weighted by Gasteiger charge is 2.10. The molecule has 0 bridgehead atoms. The maximum absolute atomic E-state index is 6.12. The quantitative estimate of drug-likeness (QED) is 0.511. The number of hydrogen-bond acceptors (Lipinski definition) is 3. The van der Waals surface area contributed by atoms with Crippen LogP contribution in [0.5, 0.6) is 11.5 Å². The summed E-state index contributed by atoms with van der Waals surface area (Å²) in [5.41, 5.74) is 3.56. The number of para-hydroxylation sites is 1. The van der Waals surface area contributed by atoms with E-state index in [4.69, 9.17) is 9.47 Å². The summed E-state index contributed by atoms with van der Waals surface area (Å²) >= 11 is 0. The second-order valence-electron chi connectivity index (χ2n) is 6.46. The highest BCUT2D eigenvalue weighted by Crippen LogP contribution is 2.31. The molecule has 144 valence electrons. The summed E-state index contributed by atoms with van der Waals surface area (Å²) in [7, 11) is 1.69. The molecule has 0 atom stereocenters. The molecule has 2 aromatic rings. The second-order valence-corrected chi connectivity index (χ2v) is 6.46. The van der Waals surface area contributed by atoms with E-state index in [1.807, 2.05) is 12.1 Å². The Kier molecular flexibility index (Phi) is 10.8. The van der Waals surface area contributed by atoms with Gasteiger partial charge >= 0.3 is 0 Å². The molecule has 0 aliphatic carbocycles. The number of benzene rings is 2. The van der Waals surface area contributed by atoms with Gasteiger partial charge in [0.2, 0.25) is 0 Å². The van der Waals surface area contributed by atoms with Crippen molar-refractivity contribution in [3.63, 3.8) is 0 Å². The number of aryl methyl sites for hydroxylation is 1. The van der Waals surface area contributed by atoms with E-state index in [1.165, 1.54) is 31.2 Å². The van der Waals surface area contributed by atoms with Gasteiger partial charge in [-0.15, -0.1) is 12.4 Å². The van der Waals surface area contributed by atoms with E-state index in [1.54, 1.807) is 7.11 Å². The molecule has 0 aliphatic heterocycles. The van der Waals surface area contributed by atoms with Crippen LogP contribution >= 0.6 is 12.4 Å². The molecule has 0 unspecified atom stereocenters. The van der Waals surface area contributed by atoms with Crippen LogP contribution in [0.2, 0.25) is 0 Å². The minimum absolute atomic E-state index is 0. The maximum atomic E-state index is 6.12. The Hall–Kier alpha value is -1.71. The molecular formula is C22H32ClNO2. The van der Waals surface area contributed by atoms with Gasteiger partial charge in [0, 0.05) is 12.1 Å². The van der Waals surface area contributed by atoms with E-state index >= 15 is 0 Å². The second kappa shape index (κ2) is 12.6. The molecule has 0 spiro atoms. The van der Waals surface area contributed by atoms with Gasteiger partial charge in [-0.05, 0) is 31.5 Å². The molecular weight excluding hydrogens is 346 g/mol. The van der Waals surface area contributed by atoms with Crippen molar-refractivity contribution in [2.45, 2.75) is 52.7 Å². The van der Waals surface area contributed by atoms with Crippen molar-refractivity contribution < 1.29 is 9.47 Å². The molecule has 1 N–H and O–H groups in total. The van der Waals surface area contributed by atoms with Crippen molar-refractivity contribution in [3.05, 3.63) is 59.2 Å². The lowest BCUT2D eigenvalue weighted by molar-refractivity contribution is 0.280. The van der Waals surface area contributed by atoms with E-state index < -0.39 is 0 Å². The highest BCUT2D eigenvalue weighted by molar-refractivity contribution is 5.85. The summed E-state index contributed by atoms with van der Waals surface area (Å²) in [6.07, 6.45) is 5.09. The molecule has 0 heterocycles.